The van der Waals surface area contributed by atoms with E-state index in [9.17, 15) is 9.59 Å². The van der Waals surface area contributed by atoms with E-state index in [-0.39, 0.29) is 17.5 Å². The summed E-state index contributed by atoms with van der Waals surface area (Å²) in [6, 6.07) is 14.8. The molecule has 2 amide bonds. The second-order valence-corrected chi connectivity index (χ2v) is 9.65. The molecule has 0 spiro atoms. The van der Waals surface area contributed by atoms with Gasteiger partial charge in [0.25, 0.3) is 11.8 Å². The first-order valence-corrected chi connectivity index (χ1v) is 11.5. The first-order valence-electron chi connectivity index (χ1n) is 11.5. The molecule has 5 rings (SSSR count). The number of nitrogens with zero attached hydrogens (tertiary/aromatic N) is 2. The molecule has 176 valence electrons. The number of carbonyl (C=O) groups excluding carboxylic acids is 2. The Morgan fingerprint density at radius 2 is 1.91 bits per heavy atom. The number of benzene rings is 2. The Hall–Kier alpha value is -3.81. The van der Waals surface area contributed by atoms with E-state index in [1.54, 1.807) is 22.9 Å². The van der Waals surface area contributed by atoms with E-state index in [4.69, 9.17) is 21.3 Å². The van der Waals surface area contributed by atoms with Crippen LogP contribution in [0.3, 0.4) is 0 Å². The van der Waals surface area contributed by atoms with Crippen LogP contribution < -0.4 is 21.5 Å². The topological polar surface area (TPSA) is 125 Å². The highest BCUT2D eigenvalue weighted by Crippen LogP contribution is 2.66. The zero-order chi connectivity index (χ0) is 24.0. The lowest BCUT2D eigenvalue weighted by atomic mass is 10.0. The lowest BCUT2D eigenvalue weighted by Gasteiger charge is -2.16. The predicted octanol–water partition coefficient (Wildman–Crippen LogP) is 3.53. The molecule has 1 heterocycles. The largest absolute Gasteiger partial charge is 0.496 e. The molecule has 2 fully saturated rings. The van der Waals surface area contributed by atoms with Crippen molar-refractivity contribution in [2.45, 2.75) is 38.8 Å². The SMILES string of the molecule is COc1ccccc1C(=O)NCc1ccc(-c2nn(C3C[C@H]4C[C@@]4(C)C3)c(N)c2C(N)=O)cc1. The smallest absolute Gasteiger partial charge is 0.255 e. The van der Waals surface area contributed by atoms with Gasteiger partial charge in [0.15, 0.2) is 0 Å². The van der Waals surface area contributed by atoms with Crippen LogP contribution in [0.15, 0.2) is 48.5 Å². The van der Waals surface area contributed by atoms with Crippen molar-refractivity contribution in [2.24, 2.45) is 17.1 Å². The van der Waals surface area contributed by atoms with Gasteiger partial charge in [-0.25, -0.2) is 4.68 Å². The van der Waals surface area contributed by atoms with Gasteiger partial charge in [-0.15, -0.1) is 0 Å². The Balaban J connectivity index is 1.33. The van der Waals surface area contributed by atoms with Crippen LogP contribution in [0.5, 0.6) is 5.75 Å². The van der Waals surface area contributed by atoms with Gasteiger partial charge in [-0.2, -0.15) is 5.10 Å². The number of rotatable bonds is 7. The summed E-state index contributed by atoms with van der Waals surface area (Å²) in [5.74, 6) is 0.780. The van der Waals surface area contributed by atoms with Crippen molar-refractivity contribution < 1.29 is 14.3 Å². The van der Waals surface area contributed by atoms with Crippen molar-refractivity contribution in [1.29, 1.82) is 0 Å². The zero-order valence-electron chi connectivity index (χ0n) is 19.4. The van der Waals surface area contributed by atoms with Gasteiger partial charge in [-0.3, -0.25) is 9.59 Å². The van der Waals surface area contributed by atoms with Crippen molar-refractivity contribution in [2.75, 3.05) is 12.8 Å². The minimum absolute atomic E-state index is 0.195. The molecule has 2 aliphatic carbocycles. The number of nitrogens with one attached hydrogen (secondary N) is 1. The zero-order valence-corrected chi connectivity index (χ0v) is 19.4. The third-order valence-electron chi connectivity index (χ3n) is 7.37. The summed E-state index contributed by atoms with van der Waals surface area (Å²) >= 11 is 0. The normalized spacial score (nSPS) is 22.8. The Morgan fingerprint density at radius 3 is 2.56 bits per heavy atom. The second-order valence-electron chi connectivity index (χ2n) is 9.65. The van der Waals surface area contributed by atoms with Crippen molar-refractivity contribution in [3.63, 3.8) is 0 Å². The van der Waals surface area contributed by atoms with E-state index >= 15 is 0 Å². The summed E-state index contributed by atoms with van der Waals surface area (Å²) in [6.07, 6.45) is 3.31. The number of aromatic nitrogens is 2. The summed E-state index contributed by atoms with van der Waals surface area (Å²) in [4.78, 5) is 24.8. The number of nitrogen functional groups attached to an aromatic ring is 1. The number of ether oxygens (including phenoxy) is 1. The number of carbonyl (C=O) groups is 2. The van der Waals surface area contributed by atoms with Crippen LogP contribution in [0.2, 0.25) is 0 Å². The lowest BCUT2D eigenvalue weighted by molar-refractivity contribution is 0.0946. The molecule has 0 bridgehead atoms. The highest BCUT2D eigenvalue weighted by Gasteiger charge is 2.57. The molecule has 2 saturated carbocycles. The highest BCUT2D eigenvalue weighted by molar-refractivity contribution is 6.03. The molecule has 2 aromatic carbocycles. The molecule has 3 atom stereocenters. The molecular weight excluding hydrogens is 430 g/mol. The fraction of sp³-hybridized carbons (Fsp3) is 0.346. The Morgan fingerprint density at radius 1 is 1.18 bits per heavy atom. The van der Waals surface area contributed by atoms with Crippen LogP contribution in [0.4, 0.5) is 5.82 Å². The third kappa shape index (κ3) is 3.79. The molecule has 5 N–H and O–H groups in total. The van der Waals surface area contributed by atoms with E-state index in [1.807, 2.05) is 30.3 Å². The molecule has 8 heteroatoms. The van der Waals surface area contributed by atoms with Crippen LogP contribution in [-0.2, 0) is 6.54 Å². The van der Waals surface area contributed by atoms with Crippen LogP contribution in [-0.4, -0.2) is 28.7 Å². The number of primary amides is 1. The van der Waals surface area contributed by atoms with Gasteiger partial charge >= 0.3 is 0 Å². The molecular formula is C26H29N5O3. The number of nitrogens with two attached hydrogens (primary N) is 2. The lowest BCUT2D eigenvalue weighted by Crippen LogP contribution is -2.23. The Labute approximate surface area is 198 Å². The van der Waals surface area contributed by atoms with Crippen LogP contribution in [0.1, 0.15) is 58.5 Å². The Bertz CT molecular complexity index is 1270. The van der Waals surface area contributed by atoms with Gasteiger partial charge in [-0.1, -0.05) is 43.3 Å². The molecule has 1 unspecified atom stereocenters. The predicted molar refractivity (Wildman–Crippen MR) is 129 cm³/mol. The first kappa shape index (κ1) is 22.0. The summed E-state index contributed by atoms with van der Waals surface area (Å²) in [6.45, 7) is 2.65. The number of hydrogen-bond donors (Lipinski definition) is 3. The number of methoxy groups -OCH3 is 1. The molecule has 2 aliphatic rings. The average molecular weight is 460 g/mol. The quantitative estimate of drug-likeness (QED) is 0.498. The molecule has 3 aromatic rings. The summed E-state index contributed by atoms with van der Waals surface area (Å²) < 4.78 is 7.06. The van der Waals surface area contributed by atoms with Crippen molar-refractivity contribution in [3.05, 3.63) is 65.2 Å². The van der Waals surface area contributed by atoms with Crippen LogP contribution in [0, 0.1) is 11.3 Å². The molecule has 0 saturated heterocycles. The molecule has 1 aromatic heterocycles. The first-order chi connectivity index (χ1) is 16.3. The molecule has 0 radical (unpaired) electrons. The van der Waals surface area contributed by atoms with Crippen LogP contribution in [0.25, 0.3) is 11.3 Å². The minimum atomic E-state index is -0.582. The Kier molecular flexibility index (Phi) is 5.31. The van der Waals surface area contributed by atoms with E-state index < -0.39 is 5.91 Å². The van der Waals surface area contributed by atoms with Gasteiger partial charge in [0.05, 0.1) is 18.7 Å². The maximum absolute atomic E-state index is 12.6. The van der Waals surface area contributed by atoms with Crippen molar-refractivity contribution >= 4 is 17.6 Å². The maximum Gasteiger partial charge on any atom is 0.255 e. The number of para-hydroxylation sites is 1. The monoisotopic (exact) mass is 459 g/mol. The van der Waals surface area contributed by atoms with E-state index in [2.05, 4.69) is 12.2 Å². The number of anilines is 1. The van der Waals surface area contributed by atoms with Crippen molar-refractivity contribution in [3.8, 4) is 17.0 Å². The van der Waals surface area contributed by atoms with E-state index in [0.717, 1.165) is 24.0 Å². The van der Waals surface area contributed by atoms with E-state index in [0.29, 0.717) is 40.7 Å². The van der Waals surface area contributed by atoms with Gasteiger partial charge in [0.2, 0.25) is 0 Å². The van der Waals surface area contributed by atoms with Gasteiger partial charge < -0.3 is 21.5 Å². The number of amides is 2. The third-order valence-corrected chi connectivity index (χ3v) is 7.37. The fourth-order valence-electron chi connectivity index (χ4n) is 5.32. The number of hydrogen-bond acceptors (Lipinski definition) is 5. The maximum atomic E-state index is 12.6. The standard InChI is InChI=1S/C26H29N5O3/c1-26-12-17(26)11-18(13-26)31-23(27)21(24(28)32)22(30-31)16-9-7-15(8-10-16)14-29-25(33)19-5-3-4-6-20(19)34-2/h3-10,17-18H,11-14,27H2,1-2H3,(H2,28,32)(H,29,33)/t17-,18?,26-/m0/s1. The molecule has 8 nitrogen and oxygen atoms in total. The molecule has 0 aliphatic heterocycles. The van der Waals surface area contributed by atoms with Gasteiger partial charge in [0.1, 0.15) is 22.8 Å². The van der Waals surface area contributed by atoms with Crippen LogP contribution >= 0.6 is 0 Å². The average Bonchev–Trinajstić information content (AvgIpc) is 3.15. The van der Waals surface area contributed by atoms with Crippen molar-refractivity contribution in [1.82, 2.24) is 15.1 Å². The van der Waals surface area contributed by atoms with E-state index in [1.165, 1.54) is 13.5 Å². The highest BCUT2D eigenvalue weighted by atomic mass is 16.5. The number of fused-ring (bicyclic) bond motifs is 1. The summed E-state index contributed by atoms with van der Waals surface area (Å²) in [5.41, 5.74) is 15.3. The van der Waals surface area contributed by atoms with Gasteiger partial charge in [-0.05, 0) is 48.3 Å². The second kappa shape index (κ2) is 8.20. The summed E-state index contributed by atoms with van der Waals surface area (Å²) in [7, 11) is 1.54. The van der Waals surface area contributed by atoms with Gasteiger partial charge in [0, 0.05) is 12.1 Å². The summed E-state index contributed by atoms with van der Waals surface area (Å²) in [5, 5.41) is 7.65. The fourth-order valence-corrected chi connectivity index (χ4v) is 5.32. The minimum Gasteiger partial charge on any atom is -0.496 e. The molecule has 34 heavy (non-hydrogen) atoms.